The third kappa shape index (κ3) is 8.37. The second-order valence-electron chi connectivity index (χ2n) is 7.66. The summed E-state index contributed by atoms with van der Waals surface area (Å²) in [6.45, 7) is 7.42. The first kappa shape index (κ1) is 26.7. The topological polar surface area (TPSA) is 78.3 Å². The third-order valence-corrected chi connectivity index (χ3v) is 5.54. The molecule has 3 rings (SSSR count). The maximum atomic E-state index is 12.6. The predicted octanol–water partition coefficient (Wildman–Crippen LogP) is 3.65. The molecule has 33 heavy (non-hydrogen) atoms. The molecule has 0 amide bonds. The molecule has 0 radical (unpaired) electrons. The van der Waals surface area contributed by atoms with E-state index in [9.17, 15) is 4.79 Å². The zero-order valence-corrected chi connectivity index (χ0v) is 20.9. The molecule has 0 spiro atoms. The zero-order chi connectivity index (χ0) is 24.1. The van der Waals surface area contributed by atoms with Crippen molar-refractivity contribution in [1.82, 2.24) is 19.9 Å². The van der Waals surface area contributed by atoms with Crippen molar-refractivity contribution in [2.45, 2.75) is 52.1 Å². The van der Waals surface area contributed by atoms with Crippen molar-refractivity contribution in [2.75, 3.05) is 26.5 Å². The molecule has 0 saturated carbocycles. The predicted molar refractivity (Wildman–Crippen MR) is 136 cm³/mol. The summed E-state index contributed by atoms with van der Waals surface area (Å²) < 4.78 is 12.4. The normalized spacial score (nSPS) is 12.9. The van der Waals surface area contributed by atoms with Crippen molar-refractivity contribution in [3.63, 3.8) is 0 Å². The molecule has 2 aromatic heterocycles. The van der Waals surface area contributed by atoms with Crippen LogP contribution in [0.1, 0.15) is 41.9 Å². The average Bonchev–Trinajstić information content (AvgIpc) is 2.84. The highest BCUT2D eigenvalue weighted by atomic mass is 32.1. The molecule has 2 heterocycles. The summed E-state index contributed by atoms with van der Waals surface area (Å²) >= 11 is 4.17. The zero-order valence-electron chi connectivity index (χ0n) is 20.0. The number of ether oxygens (including phenoxy) is 2. The summed E-state index contributed by atoms with van der Waals surface area (Å²) in [6, 6.07) is 3.87. The molecule has 1 aliphatic carbocycles. The monoisotopic (exact) mass is 472 g/mol. The fraction of sp³-hybridized carbons (Fsp3) is 0.480. The van der Waals surface area contributed by atoms with Crippen molar-refractivity contribution in [3.05, 3.63) is 75.8 Å². The fourth-order valence-electron chi connectivity index (χ4n) is 3.61. The molecule has 2 aromatic rings. The van der Waals surface area contributed by atoms with Crippen LogP contribution in [0.15, 0.2) is 47.6 Å². The van der Waals surface area contributed by atoms with Crippen LogP contribution in [-0.4, -0.2) is 41.1 Å². The lowest BCUT2D eigenvalue weighted by atomic mass is 9.97. The van der Waals surface area contributed by atoms with E-state index in [-0.39, 0.29) is 5.56 Å². The second-order valence-corrected chi connectivity index (χ2v) is 8.10. The van der Waals surface area contributed by atoms with Crippen molar-refractivity contribution in [1.29, 1.82) is 0 Å². The van der Waals surface area contributed by atoms with Gasteiger partial charge in [-0.3, -0.25) is 9.36 Å². The van der Waals surface area contributed by atoms with Crippen LogP contribution in [0.3, 0.4) is 0 Å². The van der Waals surface area contributed by atoms with Gasteiger partial charge in [0, 0.05) is 24.4 Å². The number of hydrogen-bond acceptors (Lipinski definition) is 7. The van der Waals surface area contributed by atoms with Crippen molar-refractivity contribution >= 4 is 12.6 Å². The van der Waals surface area contributed by atoms with Crippen molar-refractivity contribution < 1.29 is 9.47 Å². The average molecular weight is 473 g/mol. The van der Waals surface area contributed by atoms with Gasteiger partial charge >= 0.3 is 0 Å². The molecule has 1 aliphatic rings. The summed E-state index contributed by atoms with van der Waals surface area (Å²) in [6.07, 6.45) is 10.2. The summed E-state index contributed by atoms with van der Waals surface area (Å²) in [5.74, 6) is 2.95. The van der Waals surface area contributed by atoms with E-state index in [2.05, 4.69) is 34.5 Å². The lowest BCUT2D eigenvalue weighted by molar-refractivity contribution is 0.208. The minimum Gasteiger partial charge on any atom is -0.492 e. The second kappa shape index (κ2) is 14.5. The van der Waals surface area contributed by atoms with Gasteiger partial charge in [0.25, 0.3) is 5.56 Å². The first-order valence-corrected chi connectivity index (χ1v) is 12.0. The highest BCUT2D eigenvalue weighted by Crippen LogP contribution is 2.16. The molecule has 0 aromatic carbocycles. The van der Waals surface area contributed by atoms with Crippen LogP contribution in [0.2, 0.25) is 0 Å². The summed E-state index contributed by atoms with van der Waals surface area (Å²) in [5, 5.41) is 3.05. The fourth-order valence-corrected chi connectivity index (χ4v) is 3.74. The van der Waals surface area contributed by atoms with Gasteiger partial charge in [-0.1, -0.05) is 6.58 Å². The summed E-state index contributed by atoms with van der Waals surface area (Å²) in [7, 11) is 3.53. The van der Waals surface area contributed by atoms with Crippen molar-refractivity contribution in [2.24, 2.45) is 0 Å². The van der Waals surface area contributed by atoms with E-state index < -0.39 is 0 Å². The van der Waals surface area contributed by atoms with Crippen LogP contribution in [0, 0.1) is 6.92 Å². The molecular weight excluding hydrogens is 436 g/mol. The number of aryl methyl sites for hydroxylation is 2. The Labute approximate surface area is 202 Å². The van der Waals surface area contributed by atoms with Gasteiger partial charge in [-0.05, 0) is 75.6 Å². The third-order valence-electron chi connectivity index (χ3n) is 5.28. The number of aromatic nitrogens is 3. The molecule has 0 bridgehead atoms. The Hall–Kier alpha value is -2.58. The van der Waals surface area contributed by atoms with Crippen LogP contribution in [0.5, 0.6) is 5.88 Å². The van der Waals surface area contributed by atoms with Gasteiger partial charge < -0.3 is 14.8 Å². The van der Waals surface area contributed by atoms with Gasteiger partial charge in [0.1, 0.15) is 18.2 Å². The standard InChI is InChI=1S/C17H24N2O2S.C8H12N2O/c1-3-14(7-6-12-22)21-11-10-19-13(2)18-16-9-5-4-8-15(16)17(19)20;1-9-6-7-3-4-10-8(5-7)11-2/h3,7,22H,1,4-6,8-12H2,2H3;3-5,9H,6H2,1-2H3/b14-7-;. The first-order valence-electron chi connectivity index (χ1n) is 11.3. The van der Waals surface area contributed by atoms with Gasteiger partial charge in [0.2, 0.25) is 5.88 Å². The number of nitrogens with zero attached hydrogens (tertiary/aromatic N) is 3. The van der Waals surface area contributed by atoms with E-state index >= 15 is 0 Å². The molecule has 0 saturated heterocycles. The Balaban J connectivity index is 0.000000294. The Morgan fingerprint density at radius 3 is 2.85 bits per heavy atom. The number of thiol groups is 1. The van der Waals surface area contributed by atoms with Gasteiger partial charge in [-0.15, -0.1) is 0 Å². The molecule has 8 heteroatoms. The molecule has 0 fully saturated rings. The van der Waals surface area contributed by atoms with Gasteiger partial charge in [0.15, 0.2) is 0 Å². The lowest BCUT2D eigenvalue weighted by Gasteiger charge is -2.18. The number of nitrogens with one attached hydrogen (secondary N) is 1. The lowest BCUT2D eigenvalue weighted by Crippen LogP contribution is -2.31. The quantitative estimate of drug-likeness (QED) is 0.312. The van der Waals surface area contributed by atoms with Crippen LogP contribution in [0.4, 0.5) is 0 Å². The Bertz CT molecular complexity index is 988. The molecule has 7 nitrogen and oxygen atoms in total. The van der Waals surface area contributed by atoms with E-state index in [1.165, 1.54) is 5.56 Å². The van der Waals surface area contributed by atoms with Crippen LogP contribution in [-0.2, 0) is 30.7 Å². The smallest absolute Gasteiger partial charge is 0.257 e. The minimum atomic E-state index is 0.102. The molecule has 1 N–H and O–H groups in total. The van der Waals surface area contributed by atoms with E-state index in [1.807, 2.05) is 32.2 Å². The molecular formula is C25H36N4O3S. The van der Waals surface area contributed by atoms with Gasteiger partial charge in [0.05, 0.1) is 19.3 Å². The minimum absolute atomic E-state index is 0.102. The summed E-state index contributed by atoms with van der Waals surface area (Å²) in [4.78, 5) is 21.2. The Kier molecular flexibility index (Phi) is 11.8. The SMILES string of the molecule is C=C/C(=C/CCS)OCCn1c(C)nc2c(c1=O)CCCC2.CNCc1ccnc(OC)c1. The van der Waals surface area contributed by atoms with E-state index in [0.29, 0.717) is 19.0 Å². The van der Waals surface area contributed by atoms with Crippen LogP contribution in [0.25, 0.3) is 0 Å². The Morgan fingerprint density at radius 2 is 2.15 bits per heavy atom. The van der Waals surface area contributed by atoms with Gasteiger partial charge in [-0.25, -0.2) is 9.97 Å². The molecule has 0 atom stereocenters. The summed E-state index contributed by atoms with van der Waals surface area (Å²) in [5.41, 5.74) is 3.17. The maximum absolute atomic E-state index is 12.6. The molecule has 180 valence electrons. The number of allylic oxidation sites excluding steroid dienone is 2. The van der Waals surface area contributed by atoms with E-state index in [0.717, 1.165) is 67.2 Å². The molecule has 0 unspecified atom stereocenters. The van der Waals surface area contributed by atoms with Crippen LogP contribution >= 0.6 is 12.6 Å². The number of methoxy groups -OCH3 is 1. The largest absolute Gasteiger partial charge is 0.492 e. The highest BCUT2D eigenvalue weighted by Gasteiger charge is 2.17. The number of rotatable bonds is 10. The first-order chi connectivity index (χ1) is 16.0. The number of pyridine rings is 1. The number of fused-ring (bicyclic) bond motifs is 1. The van der Waals surface area contributed by atoms with Crippen LogP contribution < -0.4 is 15.6 Å². The van der Waals surface area contributed by atoms with E-state index in [1.54, 1.807) is 23.9 Å². The van der Waals surface area contributed by atoms with E-state index in [4.69, 9.17) is 9.47 Å². The Morgan fingerprint density at radius 1 is 1.36 bits per heavy atom. The van der Waals surface area contributed by atoms with Gasteiger partial charge in [-0.2, -0.15) is 12.6 Å². The number of hydrogen-bond donors (Lipinski definition) is 2. The highest BCUT2D eigenvalue weighted by molar-refractivity contribution is 7.80. The maximum Gasteiger partial charge on any atom is 0.257 e. The molecule has 0 aliphatic heterocycles. The van der Waals surface area contributed by atoms with Crippen molar-refractivity contribution in [3.8, 4) is 5.88 Å².